The lowest BCUT2D eigenvalue weighted by Gasteiger charge is -2.09. The van der Waals surface area contributed by atoms with E-state index >= 15 is 0 Å². The van der Waals surface area contributed by atoms with Gasteiger partial charge in [0, 0.05) is 0 Å². The minimum absolute atomic E-state index is 0.294. The molecule has 1 N–H and O–H groups in total. The van der Waals surface area contributed by atoms with Gasteiger partial charge in [-0.1, -0.05) is 23.5 Å². The van der Waals surface area contributed by atoms with E-state index in [0.29, 0.717) is 33.8 Å². The second kappa shape index (κ2) is 5.49. The molecule has 0 aliphatic rings. The summed E-state index contributed by atoms with van der Waals surface area (Å²) in [7, 11) is 0. The van der Waals surface area contributed by atoms with Crippen molar-refractivity contribution in [1.82, 2.24) is 19.8 Å². The van der Waals surface area contributed by atoms with Crippen molar-refractivity contribution in [1.29, 1.82) is 0 Å². The molecule has 0 aliphatic heterocycles. The minimum atomic E-state index is -0.294. The summed E-state index contributed by atoms with van der Waals surface area (Å²) in [5.74, 6) is 0.986. The highest BCUT2D eigenvalue weighted by Gasteiger charge is 2.16. The maximum absolute atomic E-state index is 12.3. The van der Waals surface area contributed by atoms with Crippen LogP contribution in [-0.4, -0.2) is 32.3 Å². The van der Waals surface area contributed by atoms with Crippen molar-refractivity contribution < 1.29 is 9.53 Å². The normalized spacial score (nSPS) is 10.8. The van der Waals surface area contributed by atoms with E-state index in [9.17, 15) is 4.79 Å². The SMILES string of the molecule is CCOc1ccccc1NC(=O)c1nn2c(C)nnc2s1. The third-order valence-electron chi connectivity index (χ3n) is 2.78. The van der Waals surface area contributed by atoms with Crippen molar-refractivity contribution in [2.24, 2.45) is 0 Å². The zero-order valence-corrected chi connectivity index (χ0v) is 12.3. The Morgan fingerprint density at radius 1 is 1.38 bits per heavy atom. The monoisotopic (exact) mass is 303 g/mol. The molecule has 0 radical (unpaired) electrons. The molecule has 2 aromatic heterocycles. The first-order chi connectivity index (χ1) is 10.2. The number of carbonyl (C=O) groups is 1. The number of fused-ring (bicyclic) bond motifs is 1. The van der Waals surface area contributed by atoms with Gasteiger partial charge in [-0.2, -0.15) is 4.52 Å². The summed E-state index contributed by atoms with van der Waals surface area (Å²) in [6, 6.07) is 7.28. The fourth-order valence-electron chi connectivity index (χ4n) is 1.83. The number of carbonyl (C=O) groups excluding carboxylic acids is 1. The molecule has 0 atom stereocenters. The standard InChI is InChI=1S/C13H13N5O2S/c1-3-20-10-7-5-4-6-9(10)14-11(19)12-17-18-8(2)15-16-13(18)21-12/h4-7H,3H2,1-2H3,(H,14,19). The zero-order chi connectivity index (χ0) is 14.8. The van der Waals surface area contributed by atoms with Gasteiger partial charge < -0.3 is 10.1 Å². The number of aromatic nitrogens is 4. The van der Waals surface area contributed by atoms with E-state index in [1.54, 1.807) is 17.5 Å². The second-order valence-corrected chi connectivity index (χ2v) is 5.19. The molecular weight excluding hydrogens is 290 g/mol. The van der Waals surface area contributed by atoms with E-state index in [1.165, 1.54) is 11.3 Å². The zero-order valence-electron chi connectivity index (χ0n) is 11.5. The van der Waals surface area contributed by atoms with Crippen LogP contribution >= 0.6 is 11.3 Å². The number of nitrogens with one attached hydrogen (secondary N) is 1. The Morgan fingerprint density at radius 3 is 2.95 bits per heavy atom. The molecule has 2 heterocycles. The Bertz CT molecular complexity index is 795. The van der Waals surface area contributed by atoms with Gasteiger partial charge in [-0.3, -0.25) is 4.79 Å². The quantitative estimate of drug-likeness (QED) is 0.798. The molecule has 21 heavy (non-hydrogen) atoms. The Labute approximate surface area is 124 Å². The van der Waals surface area contributed by atoms with Crippen molar-refractivity contribution in [2.45, 2.75) is 13.8 Å². The average Bonchev–Trinajstić information content (AvgIpc) is 3.04. The summed E-state index contributed by atoms with van der Waals surface area (Å²) in [6.45, 7) is 4.21. The molecule has 1 aromatic carbocycles. The smallest absolute Gasteiger partial charge is 0.286 e. The van der Waals surface area contributed by atoms with Crippen LogP contribution < -0.4 is 10.1 Å². The van der Waals surface area contributed by atoms with Gasteiger partial charge in [-0.05, 0) is 26.0 Å². The molecule has 7 nitrogen and oxygen atoms in total. The van der Waals surface area contributed by atoms with Crippen LogP contribution in [0.15, 0.2) is 24.3 Å². The molecule has 0 spiro atoms. The molecule has 0 fully saturated rings. The Hall–Kier alpha value is -2.48. The molecule has 0 unspecified atom stereocenters. The van der Waals surface area contributed by atoms with E-state index in [-0.39, 0.29) is 5.91 Å². The van der Waals surface area contributed by atoms with Gasteiger partial charge in [0.05, 0.1) is 12.3 Å². The summed E-state index contributed by atoms with van der Waals surface area (Å²) in [4.78, 5) is 12.9. The van der Waals surface area contributed by atoms with E-state index < -0.39 is 0 Å². The van der Waals surface area contributed by atoms with Crippen LogP contribution in [0.25, 0.3) is 4.96 Å². The number of para-hydroxylation sites is 2. The Kier molecular flexibility index (Phi) is 3.53. The van der Waals surface area contributed by atoms with Gasteiger partial charge in [-0.25, -0.2) is 0 Å². The van der Waals surface area contributed by atoms with Gasteiger partial charge in [0.2, 0.25) is 9.97 Å². The van der Waals surface area contributed by atoms with E-state index in [1.807, 2.05) is 25.1 Å². The fourth-order valence-corrected chi connectivity index (χ4v) is 2.61. The van der Waals surface area contributed by atoms with Gasteiger partial charge >= 0.3 is 0 Å². The van der Waals surface area contributed by atoms with Crippen LogP contribution in [0, 0.1) is 6.92 Å². The number of hydrogen-bond donors (Lipinski definition) is 1. The van der Waals surface area contributed by atoms with E-state index in [0.717, 1.165) is 0 Å². The maximum Gasteiger partial charge on any atom is 0.286 e. The van der Waals surface area contributed by atoms with Crippen LogP contribution in [0.3, 0.4) is 0 Å². The number of nitrogens with zero attached hydrogens (tertiary/aromatic N) is 4. The van der Waals surface area contributed by atoms with Crippen LogP contribution in [0.1, 0.15) is 22.6 Å². The molecule has 0 saturated heterocycles. The van der Waals surface area contributed by atoms with Crippen LogP contribution in [0.5, 0.6) is 5.75 Å². The number of hydrogen-bond acceptors (Lipinski definition) is 6. The summed E-state index contributed by atoms with van der Waals surface area (Å²) < 4.78 is 7.03. The fraction of sp³-hybridized carbons (Fsp3) is 0.231. The van der Waals surface area contributed by atoms with Gasteiger partial charge in [-0.15, -0.1) is 15.3 Å². The van der Waals surface area contributed by atoms with Crippen molar-refractivity contribution >= 4 is 27.9 Å². The third-order valence-corrected chi connectivity index (χ3v) is 3.67. The lowest BCUT2D eigenvalue weighted by atomic mass is 10.3. The van der Waals surface area contributed by atoms with Crippen LogP contribution in [0.4, 0.5) is 5.69 Å². The molecule has 1 amide bonds. The summed E-state index contributed by atoms with van der Waals surface area (Å²) in [5.41, 5.74) is 0.618. The van der Waals surface area contributed by atoms with Crippen molar-refractivity contribution in [3.05, 3.63) is 35.1 Å². The van der Waals surface area contributed by atoms with Crippen molar-refractivity contribution in [3.8, 4) is 5.75 Å². The first-order valence-electron chi connectivity index (χ1n) is 6.41. The first kappa shape index (κ1) is 13.5. The molecule has 3 rings (SSSR count). The summed E-state index contributed by atoms with van der Waals surface area (Å²) in [5, 5.41) is 15.2. The number of amides is 1. The summed E-state index contributed by atoms with van der Waals surface area (Å²) >= 11 is 1.19. The Balaban J connectivity index is 1.85. The number of anilines is 1. The topological polar surface area (TPSA) is 81.4 Å². The van der Waals surface area contributed by atoms with Gasteiger partial charge in [0.1, 0.15) is 5.75 Å². The number of aryl methyl sites for hydroxylation is 1. The van der Waals surface area contributed by atoms with E-state index in [2.05, 4.69) is 20.6 Å². The average molecular weight is 303 g/mol. The number of rotatable bonds is 4. The molecule has 0 aliphatic carbocycles. The highest BCUT2D eigenvalue weighted by atomic mass is 32.1. The van der Waals surface area contributed by atoms with Crippen molar-refractivity contribution in [2.75, 3.05) is 11.9 Å². The first-order valence-corrected chi connectivity index (χ1v) is 7.22. The number of ether oxygens (including phenoxy) is 1. The van der Waals surface area contributed by atoms with Crippen LogP contribution in [-0.2, 0) is 0 Å². The Morgan fingerprint density at radius 2 is 2.19 bits per heavy atom. The number of benzene rings is 1. The lowest BCUT2D eigenvalue weighted by molar-refractivity contribution is 0.102. The maximum atomic E-state index is 12.3. The lowest BCUT2D eigenvalue weighted by Crippen LogP contribution is -2.13. The molecular formula is C13H13N5O2S. The van der Waals surface area contributed by atoms with E-state index in [4.69, 9.17) is 4.74 Å². The second-order valence-electron chi connectivity index (χ2n) is 4.23. The highest BCUT2D eigenvalue weighted by molar-refractivity contribution is 7.18. The minimum Gasteiger partial charge on any atom is -0.492 e. The largest absolute Gasteiger partial charge is 0.492 e. The molecule has 0 saturated carbocycles. The van der Waals surface area contributed by atoms with Crippen LogP contribution in [0.2, 0.25) is 0 Å². The van der Waals surface area contributed by atoms with Gasteiger partial charge in [0.25, 0.3) is 5.91 Å². The third kappa shape index (κ3) is 2.57. The summed E-state index contributed by atoms with van der Waals surface area (Å²) in [6.07, 6.45) is 0. The molecule has 108 valence electrons. The van der Waals surface area contributed by atoms with Crippen molar-refractivity contribution in [3.63, 3.8) is 0 Å². The highest BCUT2D eigenvalue weighted by Crippen LogP contribution is 2.25. The molecule has 8 heteroatoms. The molecule has 3 aromatic rings. The predicted molar refractivity (Wildman–Crippen MR) is 79.0 cm³/mol. The predicted octanol–water partition coefficient (Wildman–Crippen LogP) is 2.15. The van der Waals surface area contributed by atoms with Gasteiger partial charge in [0.15, 0.2) is 5.82 Å². The molecule has 0 bridgehead atoms.